The topological polar surface area (TPSA) is 88.7 Å². The molecule has 0 saturated carbocycles. The number of rotatable bonds is 10. The van der Waals surface area contributed by atoms with Gasteiger partial charge in [0.2, 0.25) is 5.91 Å². The van der Waals surface area contributed by atoms with Crippen LogP contribution in [0.3, 0.4) is 0 Å². The molecule has 0 bridgehead atoms. The molecular formula is C26H28N4O4. The van der Waals surface area contributed by atoms with Gasteiger partial charge in [-0.3, -0.25) is 19.7 Å². The van der Waals surface area contributed by atoms with Gasteiger partial charge >= 0.3 is 0 Å². The van der Waals surface area contributed by atoms with Gasteiger partial charge in [-0.15, -0.1) is 6.58 Å². The van der Waals surface area contributed by atoms with Crippen LogP contribution in [-0.4, -0.2) is 44.2 Å². The van der Waals surface area contributed by atoms with E-state index in [0.717, 1.165) is 11.3 Å². The molecule has 8 heteroatoms. The largest absolute Gasteiger partial charge is 0.353 e. The number of benzene rings is 2. The van der Waals surface area contributed by atoms with Gasteiger partial charge in [-0.2, -0.15) is 0 Å². The van der Waals surface area contributed by atoms with Crippen LogP contribution >= 0.6 is 0 Å². The number of nitrogens with zero attached hydrogens (tertiary/aromatic N) is 4. The molecule has 0 fully saturated rings. The fraction of sp³-hybridized carbons (Fsp3) is 0.231. The number of nitro groups is 1. The molecule has 2 amide bonds. The summed E-state index contributed by atoms with van der Waals surface area (Å²) in [5, 5.41) is 11.3. The standard InChI is InChI=1S/C26H28N4O4/c1-4-14-28(26(32)22-13-12-20(2)24(16-22)30(33)34)19-25(31)29(17-21-9-6-5-7-10-21)18-23-11-8-15-27(23)3/h4-13,15-16H,1,14,17-19H2,2-3H3. The third-order valence-corrected chi connectivity index (χ3v) is 5.59. The summed E-state index contributed by atoms with van der Waals surface area (Å²) in [6.07, 6.45) is 3.45. The zero-order valence-electron chi connectivity index (χ0n) is 19.4. The quantitative estimate of drug-likeness (QED) is 0.259. The highest BCUT2D eigenvalue weighted by Gasteiger charge is 2.24. The van der Waals surface area contributed by atoms with Crippen LogP contribution in [0.25, 0.3) is 0 Å². The summed E-state index contributed by atoms with van der Waals surface area (Å²) < 4.78 is 1.95. The van der Waals surface area contributed by atoms with Crippen molar-refractivity contribution in [3.63, 3.8) is 0 Å². The molecule has 0 radical (unpaired) electrons. The monoisotopic (exact) mass is 460 g/mol. The van der Waals surface area contributed by atoms with E-state index < -0.39 is 10.8 Å². The van der Waals surface area contributed by atoms with Crippen LogP contribution in [0.5, 0.6) is 0 Å². The first-order valence-electron chi connectivity index (χ1n) is 10.9. The van der Waals surface area contributed by atoms with Gasteiger partial charge in [-0.05, 0) is 30.7 Å². The SMILES string of the molecule is C=CCN(CC(=O)N(Cc1ccccc1)Cc1cccn1C)C(=O)c1ccc(C)c([N+](=O)[O-])c1. The molecule has 3 aromatic rings. The molecule has 3 rings (SSSR count). The Bertz CT molecular complexity index is 1190. The minimum atomic E-state index is -0.517. The maximum Gasteiger partial charge on any atom is 0.273 e. The number of nitro benzene ring substituents is 1. The summed E-state index contributed by atoms with van der Waals surface area (Å²) in [6.45, 7) is 6.03. The molecule has 2 aromatic carbocycles. The van der Waals surface area contributed by atoms with Crippen LogP contribution < -0.4 is 0 Å². The number of aryl methyl sites for hydroxylation is 2. The van der Waals surface area contributed by atoms with Crippen LogP contribution in [0.4, 0.5) is 5.69 Å². The molecule has 34 heavy (non-hydrogen) atoms. The number of carbonyl (C=O) groups excluding carboxylic acids is 2. The van der Waals surface area contributed by atoms with Crippen molar-refractivity contribution in [1.82, 2.24) is 14.4 Å². The second kappa shape index (κ2) is 11.1. The molecule has 8 nitrogen and oxygen atoms in total. The molecular weight excluding hydrogens is 432 g/mol. The highest BCUT2D eigenvalue weighted by molar-refractivity contribution is 5.97. The van der Waals surface area contributed by atoms with E-state index >= 15 is 0 Å². The van der Waals surface area contributed by atoms with E-state index in [4.69, 9.17) is 0 Å². The molecule has 176 valence electrons. The van der Waals surface area contributed by atoms with Crippen molar-refractivity contribution in [1.29, 1.82) is 0 Å². The summed E-state index contributed by atoms with van der Waals surface area (Å²) >= 11 is 0. The minimum Gasteiger partial charge on any atom is -0.353 e. The van der Waals surface area contributed by atoms with Gasteiger partial charge < -0.3 is 14.4 Å². The van der Waals surface area contributed by atoms with Crippen LogP contribution in [0, 0.1) is 17.0 Å². The Morgan fingerprint density at radius 2 is 1.79 bits per heavy atom. The predicted octanol–water partition coefficient (Wildman–Crippen LogP) is 4.10. The maximum absolute atomic E-state index is 13.4. The second-order valence-electron chi connectivity index (χ2n) is 8.08. The van der Waals surface area contributed by atoms with Crippen molar-refractivity contribution in [2.24, 2.45) is 7.05 Å². The molecule has 0 saturated heterocycles. The fourth-order valence-corrected chi connectivity index (χ4v) is 3.65. The zero-order chi connectivity index (χ0) is 24.7. The zero-order valence-corrected chi connectivity index (χ0v) is 19.4. The second-order valence-corrected chi connectivity index (χ2v) is 8.08. The Hall–Kier alpha value is -4.20. The number of hydrogen-bond donors (Lipinski definition) is 0. The van der Waals surface area contributed by atoms with E-state index in [1.807, 2.05) is 60.3 Å². The van der Waals surface area contributed by atoms with Gasteiger partial charge in [0.15, 0.2) is 0 Å². The molecule has 0 aliphatic heterocycles. The van der Waals surface area contributed by atoms with E-state index in [0.29, 0.717) is 18.7 Å². The van der Waals surface area contributed by atoms with E-state index in [1.165, 1.54) is 29.2 Å². The van der Waals surface area contributed by atoms with Crippen molar-refractivity contribution >= 4 is 17.5 Å². The van der Waals surface area contributed by atoms with Gasteiger partial charge in [-0.1, -0.05) is 42.5 Å². The summed E-state index contributed by atoms with van der Waals surface area (Å²) in [5.74, 6) is -0.697. The Morgan fingerprint density at radius 1 is 1.06 bits per heavy atom. The third kappa shape index (κ3) is 5.98. The van der Waals surface area contributed by atoms with E-state index in [9.17, 15) is 19.7 Å². The third-order valence-electron chi connectivity index (χ3n) is 5.59. The van der Waals surface area contributed by atoms with Crippen molar-refractivity contribution in [3.8, 4) is 0 Å². The predicted molar refractivity (Wildman–Crippen MR) is 130 cm³/mol. The van der Waals surface area contributed by atoms with Gasteiger partial charge in [0.1, 0.15) is 6.54 Å². The van der Waals surface area contributed by atoms with Gasteiger partial charge in [0.05, 0.1) is 11.5 Å². The summed E-state index contributed by atoms with van der Waals surface area (Å²) in [5.41, 5.74) is 2.42. The Morgan fingerprint density at radius 3 is 2.41 bits per heavy atom. The number of aromatic nitrogens is 1. The Balaban J connectivity index is 1.84. The van der Waals surface area contributed by atoms with Gasteiger partial charge in [-0.25, -0.2) is 0 Å². The molecule has 0 atom stereocenters. The lowest BCUT2D eigenvalue weighted by Crippen LogP contribution is -2.42. The Labute approximate surface area is 198 Å². The van der Waals surface area contributed by atoms with Crippen molar-refractivity contribution in [2.75, 3.05) is 13.1 Å². The molecule has 1 aromatic heterocycles. The van der Waals surface area contributed by atoms with Crippen LogP contribution in [0.2, 0.25) is 0 Å². The molecule has 0 N–H and O–H groups in total. The van der Waals surface area contributed by atoms with Crippen molar-refractivity contribution in [3.05, 3.63) is 112 Å². The lowest BCUT2D eigenvalue weighted by atomic mass is 10.1. The van der Waals surface area contributed by atoms with Crippen molar-refractivity contribution in [2.45, 2.75) is 20.0 Å². The maximum atomic E-state index is 13.4. The first-order chi connectivity index (χ1) is 16.3. The molecule has 0 spiro atoms. The molecule has 0 unspecified atom stereocenters. The summed E-state index contributed by atoms with van der Waals surface area (Å²) in [6, 6.07) is 17.8. The average Bonchev–Trinajstić information content (AvgIpc) is 3.23. The first-order valence-corrected chi connectivity index (χ1v) is 10.9. The molecule has 1 heterocycles. The van der Waals surface area contributed by atoms with Crippen LogP contribution in [0.15, 0.2) is 79.5 Å². The lowest BCUT2D eigenvalue weighted by molar-refractivity contribution is -0.385. The van der Waals surface area contributed by atoms with E-state index in [1.54, 1.807) is 11.8 Å². The average molecular weight is 461 g/mol. The number of hydrogen-bond acceptors (Lipinski definition) is 4. The molecule has 0 aliphatic carbocycles. The van der Waals surface area contributed by atoms with Gasteiger partial charge in [0.25, 0.3) is 11.6 Å². The van der Waals surface area contributed by atoms with E-state index in [-0.39, 0.29) is 30.2 Å². The van der Waals surface area contributed by atoms with Crippen LogP contribution in [0.1, 0.15) is 27.2 Å². The molecule has 0 aliphatic rings. The number of carbonyl (C=O) groups is 2. The highest BCUT2D eigenvalue weighted by Crippen LogP contribution is 2.21. The fourth-order valence-electron chi connectivity index (χ4n) is 3.65. The van der Waals surface area contributed by atoms with Crippen molar-refractivity contribution < 1.29 is 14.5 Å². The van der Waals surface area contributed by atoms with Gasteiger partial charge in [0, 0.05) is 49.2 Å². The number of amides is 2. The minimum absolute atomic E-state index is 0.134. The smallest absolute Gasteiger partial charge is 0.273 e. The lowest BCUT2D eigenvalue weighted by Gasteiger charge is -2.27. The normalized spacial score (nSPS) is 10.5. The first kappa shape index (κ1) is 24.4. The Kier molecular flexibility index (Phi) is 7.97. The van der Waals surface area contributed by atoms with E-state index in [2.05, 4.69) is 6.58 Å². The van der Waals surface area contributed by atoms with Crippen LogP contribution in [-0.2, 0) is 24.9 Å². The highest BCUT2D eigenvalue weighted by atomic mass is 16.6. The summed E-state index contributed by atoms with van der Waals surface area (Å²) in [4.78, 5) is 40.5. The summed E-state index contributed by atoms with van der Waals surface area (Å²) in [7, 11) is 1.92.